The van der Waals surface area contributed by atoms with Gasteiger partial charge in [0.1, 0.15) is 0 Å². The van der Waals surface area contributed by atoms with E-state index in [1.807, 2.05) is 0 Å². The Labute approximate surface area is 121 Å². The molecule has 1 spiro atoms. The van der Waals surface area contributed by atoms with Crippen molar-refractivity contribution in [2.24, 2.45) is 10.9 Å². The maximum atomic E-state index is 5.06. The minimum Gasteiger partial charge on any atom is -0.377 e. The number of aliphatic imine (C=N–C) groups is 1. The van der Waals surface area contributed by atoms with Crippen LogP contribution in [0, 0.1) is 5.92 Å². The van der Waals surface area contributed by atoms with Crippen LogP contribution in [0.5, 0.6) is 0 Å². The topological polar surface area (TPSA) is 24.4 Å². The molecule has 2 saturated carbocycles. The smallest absolute Gasteiger partial charge is 0.0860 e. The largest absolute Gasteiger partial charge is 0.377 e. The van der Waals surface area contributed by atoms with Gasteiger partial charge in [-0.15, -0.1) is 0 Å². The van der Waals surface area contributed by atoms with Crippen molar-refractivity contribution in [1.29, 1.82) is 0 Å². The summed E-state index contributed by atoms with van der Waals surface area (Å²) >= 11 is 0. The standard InChI is InChI=1S/C18H24N2/c1-6-12-18(13-7-1)14-8-2-3-9-15(14)19-16-10-4-5-11-17(16)20-18/h4-5,10-11,14,20H,1-3,6-9,12-13H2/t14-/m1/s1. The fourth-order valence-corrected chi connectivity index (χ4v) is 4.57. The Morgan fingerprint density at radius 2 is 1.85 bits per heavy atom. The van der Waals surface area contributed by atoms with Crippen molar-refractivity contribution in [3.63, 3.8) is 0 Å². The molecule has 1 aliphatic heterocycles. The van der Waals surface area contributed by atoms with Gasteiger partial charge in [0.05, 0.1) is 11.4 Å². The van der Waals surface area contributed by atoms with Crippen LogP contribution in [0.3, 0.4) is 0 Å². The van der Waals surface area contributed by atoms with Gasteiger partial charge in [0.25, 0.3) is 0 Å². The van der Waals surface area contributed by atoms with E-state index >= 15 is 0 Å². The molecule has 20 heavy (non-hydrogen) atoms. The van der Waals surface area contributed by atoms with Gasteiger partial charge in [-0.1, -0.05) is 37.8 Å². The second kappa shape index (κ2) is 4.91. The quantitative estimate of drug-likeness (QED) is 0.697. The highest BCUT2D eigenvalue weighted by atomic mass is 15.0. The van der Waals surface area contributed by atoms with Gasteiger partial charge in [0.15, 0.2) is 0 Å². The average molecular weight is 268 g/mol. The molecule has 0 saturated heterocycles. The SMILES string of the molecule is c1ccc2c(c1)N=C1CCCC[C@H]1C1(CCCCC1)N2. The predicted octanol–water partition coefficient (Wildman–Crippen LogP) is 5.08. The van der Waals surface area contributed by atoms with Crippen molar-refractivity contribution in [2.45, 2.75) is 63.3 Å². The van der Waals surface area contributed by atoms with Crippen molar-refractivity contribution in [3.05, 3.63) is 24.3 Å². The lowest BCUT2D eigenvalue weighted by Gasteiger charge is -2.46. The van der Waals surface area contributed by atoms with E-state index in [2.05, 4.69) is 29.6 Å². The summed E-state index contributed by atoms with van der Waals surface area (Å²) in [6.07, 6.45) is 12.1. The Morgan fingerprint density at radius 3 is 2.75 bits per heavy atom. The molecule has 0 aromatic heterocycles. The van der Waals surface area contributed by atoms with Crippen LogP contribution in [0.25, 0.3) is 0 Å². The van der Waals surface area contributed by atoms with E-state index < -0.39 is 0 Å². The van der Waals surface area contributed by atoms with E-state index in [4.69, 9.17) is 4.99 Å². The molecule has 0 amide bonds. The van der Waals surface area contributed by atoms with E-state index in [1.54, 1.807) is 0 Å². The average Bonchev–Trinajstić information content (AvgIpc) is 2.63. The Hall–Kier alpha value is -1.31. The van der Waals surface area contributed by atoms with Crippen molar-refractivity contribution in [1.82, 2.24) is 0 Å². The van der Waals surface area contributed by atoms with Crippen molar-refractivity contribution >= 4 is 17.1 Å². The van der Waals surface area contributed by atoms with Crippen LogP contribution in [-0.4, -0.2) is 11.3 Å². The van der Waals surface area contributed by atoms with Crippen molar-refractivity contribution in [2.75, 3.05) is 5.32 Å². The van der Waals surface area contributed by atoms with Gasteiger partial charge >= 0.3 is 0 Å². The summed E-state index contributed by atoms with van der Waals surface area (Å²) < 4.78 is 0. The molecule has 1 aromatic carbocycles. The Morgan fingerprint density at radius 1 is 1.00 bits per heavy atom. The number of nitrogens with zero attached hydrogens (tertiary/aromatic N) is 1. The number of rotatable bonds is 0. The van der Waals surface area contributed by atoms with Crippen LogP contribution >= 0.6 is 0 Å². The molecule has 106 valence electrons. The highest BCUT2D eigenvalue weighted by molar-refractivity contribution is 5.94. The minimum atomic E-state index is 0.296. The maximum Gasteiger partial charge on any atom is 0.0860 e. The molecular formula is C18H24N2. The van der Waals surface area contributed by atoms with E-state index in [9.17, 15) is 0 Å². The third-order valence-electron chi connectivity index (χ3n) is 5.54. The number of benzene rings is 1. The van der Waals surface area contributed by atoms with Gasteiger partial charge in [-0.25, -0.2) is 0 Å². The second-order valence-electron chi connectivity index (χ2n) is 6.76. The summed E-state index contributed by atoms with van der Waals surface area (Å²) in [5, 5.41) is 3.96. The lowest BCUT2D eigenvalue weighted by molar-refractivity contribution is 0.246. The van der Waals surface area contributed by atoms with Crippen LogP contribution in [0.4, 0.5) is 11.4 Å². The summed E-state index contributed by atoms with van der Waals surface area (Å²) in [5.41, 5.74) is 4.20. The molecule has 2 aliphatic carbocycles. The zero-order valence-electron chi connectivity index (χ0n) is 12.2. The number of anilines is 1. The summed E-state index contributed by atoms with van der Waals surface area (Å²) in [5.74, 6) is 0.670. The number of hydrogen-bond donors (Lipinski definition) is 1. The lowest BCUT2D eigenvalue weighted by atomic mass is 9.66. The maximum absolute atomic E-state index is 5.06. The van der Waals surface area contributed by atoms with Crippen LogP contribution in [0.15, 0.2) is 29.3 Å². The number of hydrogen-bond acceptors (Lipinski definition) is 2. The Kier molecular flexibility index (Phi) is 3.05. The van der Waals surface area contributed by atoms with Crippen molar-refractivity contribution < 1.29 is 0 Å². The summed E-state index contributed by atoms with van der Waals surface area (Å²) in [6, 6.07) is 8.63. The van der Waals surface area contributed by atoms with Gasteiger partial charge in [-0.2, -0.15) is 0 Å². The fourth-order valence-electron chi connectivity index (χ4n) is 4.57. The fraction of sp³-hybridized carbons (Fsp3) is 0.611. The number of nitrogens with one attached hydrogen (secondary N) is 1. The Balaban J connectivity index is 1.82. The molecule has 4 rings (SSSR count). The van der Waals surface area contributed by atoms with Crippen LogP contribution in [0.2, 0.25) is 0 Å². The Bertz CT molecular complexity index is 526. The third-order valence-corrected chi connectivity index (χ3v) is 5.54. The number of para-hydroxylation sites is 2. The van der Waals surface area contributed by atoms with Gasteiger partial charge in [-0.05, 0) is 44.2 Å². The molecule has 0 radical (unpaired) electrons. The monoisotopic (exact) mass is 268 g/mol. The highest BCUT2D eigenvalue weighted by Crippen LogP contribution is 2.46. The normalized spacial score (nSPS) is 27.8. The summed E-state index contributed by atoms with van der Waals surface area (Å²) in [6.45, 7) is 0. The molecule has 1 atom stereocenters. The van der Waals surface area contributed by atoms with Gasteiger partial charge < -0.3 is 5.32 Å². The molecular weight excluding hydrogens is 244 g/mol. The first-order valence-corrected chi connectivity index (χ1v) is 8.32. The first-order valence-electron chi connectivity index (χ1n) is 8.32. The zero-order chi connectivity index (χ0) is 13.4. The summed E-state index contributed by atoms with van der Waals surface area (Å²) in [4.78, 5) is 5.06. The molecule has 2 heteroatoms. The summed E-state index contributed by atoms with van der Waals surface area (Å²) in [7, 11) is 0. The van der Waals surface area contributed by atoms with Crippen LogP contribution in [0.1, 0.15) is 57.8 Å². The van der Waals surface area contributed by atoms with Gasteiger partial charge in [0.2, 0.25) is 0 Å². The first-order chi connectivity index (χ1) is 9.87. The molecule has 1 N–H and O–H groups in total. The second-order valence-corrected chi connectivity index (χ2v) is 6.76. The van der Waals surface area contributed by atoms with E-state index in [-0.39, 0.29) is 0 Å². The van der Waals surface area contributed by atoms with E-state index in [1.165, 1.54) is 69.2 Å². The zero-order valence-corrected chi connectivity index (χ0v) is 12.2. The molecule has 2 fully saturated rings. The van der Waals surface area contributed by atoms with Crippen LogP contribution in [-0.2, 0) is 0 Å². The molecule has 1 aromatic rings. The van der Waals surface area contributed by atoms with Gasteiger partial charge in [-0.3, -0.25) is 4.99 Å². The number of fused-ring (bicyclic) bond motifs is 3. The molecule has 0 unspecified atom stereocenters. The molecule has 0 bridgehead atoms. The minimum absolute atomic E-state index is 0.296. The molecule has 2 nitrogen and oxygen atoms in total. The first kappa shape index (κ1) is 12.4. The highest BCUT2D eigenvalue weighted by Gasteiger charge is 2.44. The molecule has 1 heterocycles. The molecule has 3 aliphatic rings. The van der Waals surface area contributed by atoms with E-state index in [0.717, 1.165) is 5.69 Å². The van der Waals surface area contributed by atoms with Crippen molar-refractivity contribution in [3.8, 4) is 0 Å². The van der Waals surface area contributed by atoms with E-state index in [0.29, 0.717) is 11.5 Å². The van der Waals surface area contributed by atoms with Gasteiger partial charge in [0, 0.05) is 17.2 Å². The van der Waals surface area contributed by atoms with Crippen LogP contribution < -0.4 is 5.32 Å². The lowest BCUT2D eigenvalue weighted by Crippen LogP contribution is -2.50. The predicted molar refractivity (Wildman–Crippen MR) is 84.9 cm³/mol. The third kappa shape index (κ3) is 1.97.